The van der Waals surface area contributed by atoms with E-state index in [9.17, 15) is 0 Å². The summed E-state index contributed by atoms with van der Waals surface area (Å²) in [6.07, 6.45) is 7.60. The Morgan fingerprint density at radius 1 is 1.41 bits per heavy atom. The molecule has 1 saturated heterocycles. The highest BCUT2D eigenvalue weighted by Gasteiger charge is 2.26. The van der Waals surface area contributed by atoms with Gasteiger partial charge in [0.1, 0.15) is 0 Å². The molecule has 3 nitrogen and oxygen atoms in total. The molecule has 1 fully saturated rings. The highest BCUT2D eigenvalue weighted by molar-refractivity contribution is 5.09. The lowest BCUT2D eigenvalue weighted by Crippen LogP contribution is -2.45. The molecule has 3 heteroatoms. The molecule has 17 heavy (non-hydrogen) atoms. The number of piperidine rings is 1. The van der Waals surface area contributed by atoms with Crippen molar-refractivity contribution in [3.8, 4) is 0 Å². The van der Waals surface area contributed by atoms with Crippen molar-refractivity contribution in [3.05, 3.63) is 30.1 Å². The lowest BCUT2D eigenvalue weighted by atomic mass is 9.88. The molecule has 0 bridgehead atoms. The van der Waals surface area contributed by atoms with Gasteiger partial charge in [0.15, 0.2) is 0 Å². The molecule has 0 radical (unpaired) electrons. The normalized spacial score (nSPS) is 26.0. The first kappa shape index (κ1) is 12.5. The third-order valence-corrected chi connectivity index (χ3v) is 3.93. The van der Waals surface area contributed by atoms with Crippen molar-refractivity contribution in [2.45, 2.75) is 38.8 Å². The minimum Gasteiger partial charge on any atom is -0.329 e. The Kier molecular flexibility index (Phi) is 4.51. The number of rotatable bonds is 4. The fraction of sp³-hybridized carbons (Fsp3) is 0.643. The average molecular weight is 233 g/mol. The van der Waals surface area contributed by atoms with Crippen LogP contribution >= 0.6 is 0 Å². The third kappa shape index (κ3) is 3.27. The van der Waals surface area contributed by atoms with E-state index in [-0.39, 0.29) is 0 Å². The molecule has 1 aromatic rings. The summed E-state index contributed by atoms with van der Waals surface area (Å²) in [5.74, 6) is 0.872. The van der Waals surface area contributed by atoms with Gasteiger partial charge in [-0.25, -0.2) is 0 Å². The zero-order chi connectivity index (χ0) is 12.1. The van der Waals surface area contributed by atoms with Gasteiger partial charge >= 0.3 is 0 Å². The van der Waals surface area contributed by atoms with Crippen LogP contribution in [0.4, 0.5) is 0 Å². The monoisotopic (exact) mass is 233 g/mol. The summed E-state index contributed by atoms with van der Waals surface area (Å²) in [5.41, 5.74) is 7.25. The number of nitrogens with two attached hydrogens (primary N) is 1. The maximum absolute atomic E-state index is 5.91. The van der Waals surface area contributed by atoms with Crippen molar-refractivity contribution in [2.24, 2.45) is 11.7 Å². The molecular weight excluding hydrogens is 210 g/mol. The summed E-state index contributed by atoms with van der Waals surface area (Å²) in [4.78, 5) is 6.59. The van der Waals surface area contributed by atoms with E-state index in [1.807, 2.05) is 12.4 Å². The second-order valence-corrected chi connectivity index (χ2v) is 5.01. The van der Waals surface area contributed by atoms with Crippen LogP contribution in [0.1, 0.15) is 31.7 Å². The predicted molar refractivity (Wildman–Crippen MR) is 70.5 cm³/mol. The second kappa shape index (κ2) is 6.12. The van der Waals surface area contributed by atoms with Crippen molar-refractivity contribution >= 4 is 0 Å². The Hall–Kier alpha value is -0.930. The van der Waals surface area contributed by atoms with Crippen molar-refractivity contribution in [2.75, 3.05) is 13.1 Å². The number of hydrogen-bond acceptors (Lipinski definition) is 3. The minimum absolute atomic E-state index is 0.557. The molecular formula is C14H23N3. The summed E-state index contributed by atoms with van der Waals surface area (Å²) in [7, 11) is 0. The quantitative estimate of drug-likeness (QED) is 0.865. The molecule has 1 aliphatic heterocycles. The SMILES string of the molecule is CCC1CCN(Cc2ccncc2)C(CN)C1. The Bertz CT molecular complexity index is 325. The maximum atomic E-state index is 5.91. The summed E-state index contributed by atoms with van der Waals surface area (Å²) in [6, 6.07) is 4.75. The van der Waals surface area contributed by atoms with Crippen LogP contribution < -0.4 is 5.73 Å². The zero-order valence-electron chi connectivity index (χ0n) is 10.7. The van der Waals surface area contributed by atoms with Crippen molar-refractivity contribution in [1.82, 2.24) is 9.88 Å². The molecule has 1 aliphatic rings. The van der Waals surface area contributed by atoms with Crippen LogP contribution in [0.5, 0.6) is 0 Å². The maximum Gasteiger partial charge on any atom is 0.0271 e. The molecule has 2 rings (SSSR count). The van der Waals surface area contributed by atoms with E-state index in [0.29, 0.717) is 6.04 Å². The van der Waals surface area contributed by atoms with Crippen LogP contribution in [0.25, 0.3) is 0 Å². The molecule has 2 N–H and O–H groups in total. The molecule has 0 spiro atoms. The number of nitrogens with zero attached hydrogens (tertiary/aromatic N) is 2. The summed E-state index contributed by atoms with van der Waals surface area (Å²) in [6.45, 7) is 5.27. The van der Waals surface area contributed by atoms with Crippen molar-refractivity contribution in [3.63, 3.8) is 0 Å². The van der Waals surface area contributed by atoms with E-state index < -0.39 is 0 Å². The van der Waals surface area contributed by atoms with E-state index >= 15 is 0 Å². The second-order valence-electron chi connectivity index (χ2n) is 5.01. The van der Waals surface area contributed by atoms with Crippen LogP contribution in [0.15, 0.2) is 24.5 Å². The standard InChI is InChI=1S/C14H23N3/c1-2-12-5-8-17(14(9-12)10-15)11-13-3-6-16-7-4-13/h3-4,6-7,12,14H,2,5,8-11,15H2,1H3. The Balaban J connectivity index is 1.96. The molecule has 2 heterocycles. The first-order chi connectivity index (χ1) is 8.33. The fourth-order valence-corrected chi connectivity index (χ4v) is 2.73. The van der Waals surface area contributed by atoms with Crippen LogP contribution in [0.2, 0.25) is 0 Å². The van der Waals surface area contributed by atoms with Gasteiger partial charge in [-0.1, -0.05) is 13.3 Å². The lowest BCUT2D eigenvalue weighted by molar-refractivity contribution is 0.107. The van der Waals surface area contributed by atoms with Gasteiger partial charge in [-0.3, -0.25) is 9.88 Å². The Morgan fingerprint density at radius 2 is 2.18 bits per heavy atom. The lowest BCUT2D eigenvalue weighted by Gasteiger charge is -2.38. The topological polar surface area (TPSA) is 42.2 Å². The van der Waals surface area contributed by atoms with Gasteiger partial charge in [-0.05, 0) is 43.0 Å². The van der Waals surface area contributed by atoms with Crippen LogP contribution in [0.3, 0.4) is 0 Å². The molecule has 0 amide bonds. The van der Waals surface area contributed by atoms with Crippen molar-refractivity contribution in [1.29, 1.82) is 0 Å². The number of aromatic nitrogens is 1. The molecule has 0 aliphatic carbocycles. The van der Waals surface area contributed by atoms with E-state index in [4.69, 9.17) is 5.73 Å². The average Bonchev–Trinajstić information content (AvgIpc) is 2.40. The van der Waals surface area contributed by atoms with Crippen LogP contribution in [-0.4, -0.2) is 29.0 Å². The van der Waals surface area contributed by atoms with Gasteiger partial charge in [0.2, 0.25) is 0 Å². The van der Waals surface area contributed by atoms with Gasteiger partial charge in [0.05, 0.1) is 0 Å². The fourth-order valence-electron chi connectivity index (χ4n) is 2.73. The van der Waals surface area contributed by atoms with E-state index in [1.54, 1.807) is 0 Å². The zero-order valence-corrected chi connectivity index (χ0v) is 10.7. The number of hydrogen-bond donors (Lipinski definition) is 1. The molecule has 94 valence electrons. The Labute approximate surface area is 104 Å². The smallest absolute Gasteiger partial charge is 0.0271 e. The molecule has 1 aromatic heterocycles. The van der Waals surface area contributed by atoms with E-state index in [1.165, 1.54) is 31.4 Å². The Morgan fingerprint density at radius 3 is 2.82 bits per heavy atom. The highest BCUT2D eigenvalue weighted by atomic mass is 15.2. The van der Waals surface area contributed by atoms with Gasteiger partial charge in [-0.2, -0.15) is 0 Å². The van der Waals surface area contributed by atoms with E-state index in [2.05, 4.69) is 28.9 Å². The number of likely N-dealkylation sites (tertiary alicyclic amines) is 1. The molecule has 2 unspecified atom stereocenters. The summed E-state index contributed by atoms with van der Waals surface area (Å²) >= 11 is 0. The van der Waals surface area contributed by atoms with E-state index in [0.717, 1.165) is 19.0 Å². The first-order valence-electron chi connectivity index (χ1n) is 6.66. The van der Waals surface area contributed by atoms with Crippen LogP contribution in [0, 0.1) is 5.92 Å². The van der Waals surface area contributed by atoms with Crippen LogP contribution in [-0.2, 0) is 6.54 Å². The molecule has 0 aromatic carbocycles. The summed E-state index contributed by atoms with van der Waals surface area (Å²) in [5, 5.41) is 0. The van der Waals surface area contributed by atoms with Gasteiger partial charge in [0, 0.05) is 31.5 Å². The first-order valence-corrected chi connectivity index (χ1v) is 6.66. The minimum atomic E-state index is 0.557. The third-order valence-electron chi connectivity index (χ3n) is 3.93. The highest BCUT2D eigenvalue weighted by Crippen LogP contribution is 2.25. The molecule has 0 saturated carbocycles. The van der Waals surface area contributed by atoms with Crippen molar-refractivity contribution < 1.29 is 0 Å². The largest absolute Gasteiger partial charge is 0.329 e. The van der Waals surface area contributed by atoms with Gasteiger partial charge in [0.25, 0.3) is 0 Å². The van der Waals surface area contributed by atoms with Gasteiger partial charge in [-0.15, -0.1) is 0 Å². The summed E-state index contributed by atoms with van der Waals surface area (Å²) < 4.78 is 0. The predicted octanol–water partition coefficient (Wildman–Crippen LogP) is 2.03. The number of pyridine rings is 1. The molecule has 2 atom stereocenters. The van der Waals surface area contributed by atoms with Gasteiger partial charge < -0.3 is 5.73 Å².